The monoisotopic (exact) mass is 384 g/mol. The summed E-state index contributed by atoms with van der Waals surface area (Å²) in [6.45, 7) is 5.32. The molecule has 0 aliphatic rings. The van der Waals surface area contributed by atoms with Crippen molar-refractivity contribution in [3.05, 3.63) is 70.2 Å². The molecule has 27 heavy (non-hydrogen) atoms. The minimum atomic E-state index is -0.213. The number of hydrogen-bond acceptors (Lipinski definition) is 4. The first-order valence-electron chi connectivity index (χ1n) is 8.89. The van der Waals surface area contributed by atoms with E-state index in [1.807, 2.05) is 66.4 Å². The smallest absolute Gasteiger partial charge is 0.314 e. The van der Waals surface area contributed by atoms with Gasteiger partial charge in [0, 0.05) is 17.1 Å². The molecule has 2 amide bonds. The molecule has 0 aliphatic carbocycles. The van der Waals surface area contributed by atoms with E-state index in [1.165, 1.54) is 0 Å². The topological polar surface area (TPSA) is 68.2 Å². The second-order valence-electron chi connectivity index (χ2n) is 6.20. The van der Waals surface area contributed by atoms with E-state index in [9.17, 15) is 4.79 Å². The zero-order valence-electron chi connectivity index (χ0n) is 15.5. The van der Waals surface area contributed by atoms with E-state index in [0.717, 1.165) is 22.0 Å². The number of rotatable bonds is 8. The summed E-state index contributed by atoms with van der Waals surface area (Å²) < 4.78 is 7.55. The van der Waals surface area contributed by atoms with E-state index >= 15 is 0 Å². The molecule has 3 aromatic rings. The van der Waals surface area contributed by atoms with Crippen molar-refractivity contribution < 1.29 is 9.53 Å². The van der Waals surface area contributed by atoms with E-state index in [1.54, 1.807) is 11.3 Å². The van der Waals surface area contributed by atoms with Crippen LogP contribution < -0.4 is 15.4 Å². The van der Waals surface area contributed by atoms with E-state index in [2.05, 4.69) is 21.8 Å². The Labute approximate surface area is 163 Å². The molecule has 2 aromatic heterocycles. The number of thiophene rings is 1. The fourth-order valence-corrected chi connectivity index (χ4v) is 3.66. The average molecular weight is 385 g/mol. The van der Waals surface area contributed by atoms with Gasteiger partial charge in [0.1, 0.15) is 18.4 Å². The third-order valence-electron chi connectivity index (χ3n) is 4.07. The number of hydrogen-bond donors (Lipinski definition) is 2. The van der Waals surface area contributed by atoms with Gasteiger partial charge in [-0.05, 0) is 43.5 Å². The zero-order chi connectivity index (χ0) is 19.1. The van der Waals surface area contributed by atoms with Crippen LogP contribution in [0.2, 0.25) is 0 Å². The zero-order valence-corrected chi connectivity index (χ0v) is 16.3. The normalized spacial score (nSPS) is 11.8. The van der Waals surface area contributed by atoms with Crippen molar-refractivity contribution in [1.29, 1.82) is 0 Å². The summed E-state index contributed by atoms with van der Waals surface area (Å²) in [5.74, 6) is 0.794. The Hall–Kier alpha value is -2.80. The van der Waals surface area contributed by atoms with Crippen LogP contribution in [0.1, 0.15) is 22.3 Å². The maximum Gasteiger partial charge on any atom is 0.314 e. The fraction of sp³-hybridized carbons (Fsp3) is 0.300. The SMILES string of the molecule is Cc1cc(C)n(C(CNC(=O)NCCOc2ccccc2)c2cccs2)n1. The van der Waals surface area contributed by atoms with Crippen molar-refractivity contribution in [3.8, 4) is 5.75 Å². The number of aryl methyl sites for hydroxylation is 2. The molecule has 6 nitrogen and oxygen atoms in total. The molecule has 7 heteroatoms. The molecule has 1 unspecified atom stereocenters. The van der Waals surface area contributed by atoms with Gasteiger partial charge in [-0.15, -0.1) is 11.3 Å². The maximum atomic E-state index is 12.1. The quantitative estimate of drug-likeness (QED) is 0.584. The van der Waals surface area contributed by atoms with Crippen LogP contribution in [0.4, 0.5) is 4.79 Å². The van der Waals surface area contributed by atoms with Crippen molar-refractivity contribution in [2.45, 2.75) is 19.9 Å². The fourth-order valence-electron chi connectivity index (χ4n) is 2.85. The standard InChI is InChI=1S/C20H24N4O2S/c1-15-13-16(2)24(23-15)18(19-9-6-12-27-19)14-22-20(25)21-10-11-26-17-7-4-3-5-8-17/h3-9,12-13,18H,10-11,14H2,1-2H3,(H2,21,22,25). The maximum absolute atomic E-state index is 12.1. The van der Waals surface area contributed by atoms with Crippen molar-refractivity contribution in [3.63, 3.8) is 0 Å². The summed E-state index contributed by atoms with van der Waals surface area (Å²) in [6.07, 6.45) is 0. The molecular weight excluding hydrogens is 360 g/mol. The van der Waals surface area contributed by atoms with E-state index in [-0.39, 0.29) is 12.1 Å². The Morgan fingerprint density at radius 3 is 2.67 bits per heavy atom. The third kappa shape index (κ3) is 5.34. The van der Waals surface area contributed by atoms with Gasteiger partial charge < -0.3 is 15.4 Å². The highest BCUT2D eigenvalue weighted by molar-refractivity contribution is 7.10. The van der Waals surface area contributed by atoms with Gasteiger partial charge in [-0.3, -0.25) is 4.68 Å². The molecule has 1 aromatic carbocycles. The number of ether oxygens (including phenoxy) is 1. The molecule has 3 rings (SSSR count). The van der Waals surface area contributed by atoms with Gasteiger partial charge in [-0.1, -0.05) is 24.3 Å². The van der Waals surface area contributed by atoms with Gasteiger partial charge in [0.05, 0.1) is 12.2 Å². The summed E-state index contributed by atoms with van der Waals surface area (Å²) in [5, 5.41) is 12.4. The summed E-state index contributed by atoms with van der Waals surface area (Å²) in [6, 6.07) is 15.4. The number of urea groups is 1. The van der Waals surface area contributed by atoms with Crippen LogP contribution >= 0.6 is 11.3 Å². The average Bonchev–Trinajstić information content (AvgIpc) is 3.30. The van der Waals surface area contributed by atoms with Crippen molar-refractivity contribution in [1.82, 2.24) is 20.4 Å². The number of para-hydroxylation sites is 1. The minimum absolute atomic E-state index is 0.0231. The summed E-state index contributed by atoms with van der Waals surface area (Å²) >= 11 is 1.66. The van der Waals surface area contributed by atoms with Crippen LogP contribution in [0.25, 0.3) is 0 Å². The molecule has 2 heterocycles. The molecule has 0 fully saturated rings. The first kappa shape index (κ1) is 19.0. The predicted molar refractivity (Wildman–Crippen MR) is 107 cm³/mol. The van der Waals surface area contributed by atoms with Crippen molar-refractivity contribution in [2.75, 3.05) is 19.7 Å². The molecule has 1 atom stereocenters. The van der Waals surface area contributed by atoms with Gasteiger partial charge in [-0.2, -0.15) is 5.10 Å². The van der Waals surface area contributed by atoms with Gasteiger partial charge in [-0.25, -0.2) is 4.79 Å². The van der Waals surface area contributed by atoms with E-state index < -0.39 is 0 Å². The Morgan fingerprint density at radius 1 is 1.19 bits per heavy atom. The van der Waals surface area contributed by atoms with Crippen LogP contribution in [0, 0.1) is 13.8 Å². The highest BCUT2D eigenvalue weighted by Gasteiger charge is 2.19. The molecule has 2 N–H and O–H groups in total. The highest BCUT2D eigenvalue weighted by Crippen LogP contribution is 2.24. The number of nitrogens with one attached hydrogen (secondary N) is 2. The Kier molecular flexibility index (Phi) is 6.49. The largest absolute Gasteiger partial charge is 0.492 e. The lowest BCUT2D eigenvalue weighted by molar-refractivity contribution is 0.235. The van der Waals surface area contributed by atoms with E-state index in [4.69, 9.17) is 4.74 Å². The molecule has 0 aliphatic heterocycles. The first-order chi connectivity index (χ1) is 13.1. The number of carbonyl (C=O) groups excluding carboxylic acids is 1. The second-order valence-corrected chi connectivity index (χ2v) is 7.18. The van der Waals surface area contributed by atoms with Crippen molar-refractivity contribution >= 4 is 17.4 Å². The molecule has 0 radical (unpaired) electrons. The predicted octanol–water partition coefficient (Wildman–Crippen LogP) is 3.53. The van der Waals surface area contributed by atoms with Crippen LogP contribution in [0.15, 0.2) is 53.9 Å². The number of nitrogens with zero attached hydrogens (tertiary/aromatic N) is 2. The lowest BCUT2D eigenvalue weighted by Crippen LogP contribution is -2.40. The second kappa shape index (κ2) is 9.23. The molecule has 142 valence electrons. The van der Waals surface area contributed by atoms with Crippen LogP contribution in [-0.4, -0.2) is 35.5 Å². The molecule has 0 saturated heterocycles. The summed E-state index contributed by atoms with van der Waals surface area (Å²) in [5.41, 5.74) is 2.04. The lowest BCUT2D eigenvalue weighted by atomic mass is 10.2. The van der Waals surface area contributed by atoms with Gasteiger partial charge >= 0.3 is 6.03 Å². The van der Waals surface area contributed by atoms with Gasteiger partial charge in [0.25, 0.3) is 0 Å². The molecular formula is C20H24N4O2S. The molecule has 0 bridgehead atoms. The van der Waals surface area contributed by atoms with Crippen LogP contribution in [0.3, 0.4) is 0 Å². The number of carbonyl (C=O) groups is 1. The Balaban J connectivity index is 1.50. The Morgan fingerprint density at radius 2 is 2.00 bits per heavy atom. The number of benzene rings is 1. The third-order valence-corrected chi connectivity index (χ3v) is 5.04. The van der Waals surface area contributed by atoms with Gasteiger partial charge in [0.2, 0.25) is 0 Å². The summed E-state index contributed by atoms with van der Waals surface area (Å²) in [4.78, 5) is 13.3. The van der Waals surface area contributed by atoms with Crippen LogP contribution in [0.5, 0.6) is 5.75 Å². The number of aromatic nitrogens is 2. The number of amides is 2. The Bertz CT molecular complexity index is 846. The highest BCUT2D eigenvalue weighted by atomic mass is 32.1. The van der Waals surface area contributed by atoms with Crippen molar-refractivity contribution in [2.24, 2.45) is 0 Å². The minimum Gasteiger partial charge on any atom is -0.492 e. The molecule has 0 spiro atoms. The lowest BCUT2D eigenvalue weighted by Gasteiger charge is -2.19. The molecule has 0 saturated carbocycles. The first-order valence-corrected chi connectivity index (χ1v) is 9.77. The van der Waals surface area contributed by atoms with Gasteiger partial charge in [0.15, 0.2) is 0 Å². The van der Waals surface area contributed by atoms with Crippen LogP contribution in [-0.2, 0) is 0 Å². The summed E-state index contributed by atoms with van der Waals surface area (Å²) in [7, 11) is 0. The van der Waals surface area contributed by atoms with E-state index in [0.29, 0.717) is 19.7 Å².